The van der Waals surface area contributed by atoms with Gasteiger partial charge in [0.1, 0.15) is 11.6 Å². The van der Waals surface area contributed by atoms with Crippen LogP contribution in [-0.2, 0) is 9.59 Å². The largest absolute Gasteiger partial charge is 0.326 e. The minimum absolute atomic E-state index is 0.00189. The number of fused-ring (bicyclic) bond motifs is 1. The van der Waals surface area contributed by atoms with Crippen LogP contribution in [0.5, 0.6) is 0 Å². The molecular formula is C21H18FN5O3. The Hall–Kier alpha value is -4.01. The van der Waals surface area contributed by atoms with Crippen molar-refractivity contribution in [1.82, 2.24) is 9.97 Å². The summed E-state index contributed by atoms with van der Waals surface area (Å²) in [6, 6.07) is 13.4. The van der Waals surface area contributed by atoms with E-state index >= 15 is 0 Å². The molecule has 30 heavy (non-hydrogen) atoms. The number of aryl methyl sites for hydroxylation is 1. The predicted molar refractivity (Wildman–Crippen MR) is 110 cm³/mol. The summed E-state index contributed by atoms with van der Waals surface area (Å²) < 4.78 is 14.1. The Balaban J connectivity index is 1.65. The third-order valence-corrected chi connectivity index (χ3v) is 4.69. The molecule has 1 aliphatic rings. The molecule has 1 atom stereocenters. The Morgan fingerprint density at radius 2 is 1.93 bits per heavy atom. The summed E-state index contributed by atoms with van der Waals surface area (Å²) in [6.07, 6.45) is -0.247. The van der Waals surface area contributed by atoms with Crippen LogP contribution in [0.1, 0.15) is 23.5 Å². The number of nitrogens with zero attached hydrogens (tertiary/aromatic N) is 1. The van der Waals surface area contributed by atoms with E-state index in [-0.39, 0.29) is 29.4 Å². The van der Waals surface area contributed by atoms with Crippen molar-refractivity contribution in [2.45, 2.75) is 19.3 Å². The van der Waals surface area contributed by atoms with Crippen LogP contribution in [0.4, 0.5) is 27.5 Å². The lowest BCUT2D eigenvalue weighted by atomic mass is 9.92. The fourth-order valence-corrected chi connectivity index (χ4v) is 3.25. The van der Waals surface area contributed by atoms with Crippen molar-refractivity contribution in [3.63, 3.8) is 0 Å². The monoisotopic (exact) mass is 407 g/mol. The summed E-state index contributed by atoms with van der Waals surface area (Å²) in [4.78, 5) is 44.5. The highest BCUT2D eigenvalue weighted by Crippen LogP contribution is 2.30. The molecule has 0 unspecified atom stereocenters. The molecule has 1 aliphatic heterocycles. The third-order valence-electron chi connectivity index (χ3n) is 4.69. The van der Waals surface area contributed by atoms with Gasteiger partial charge in [-0.25, -0.2) is 4.39 Å². The van der Waals surface area contributed by atoms with E-state index in [0.29, 0.717) is 11.3 Å². The second kappa shape index (κ2) is 7.78. The molecule has 0 aliphatic carbocycles. The molecule has 2 aromatic carbocycles. The molecule has 9 heteroatoms. The molecule has 2 amide bonds. The predicted octanol–water partition coefficient (Wildman–Crippen LogP) is 3.03. The highest BCUT2D eigenvalue weighted by molar-refractivity contribution is 6.04. The topological polar surface area (TPSA) is 116 Å². The van der Waals surface area contributed by atoms with E-state index in [1.165, 1.54) is 12.1 Å². The van der Waals surface area contributed by atoms with Gasteiger partial charge >= 0.3 is 0 Å². The number of para-hydroxylation sites is 1. The van der Waals surface area contributed by atoms with Crippen molar-refractivity contribution in [2.24, 2.45) is 0 Å². The van der Waals surface area contributed by atoms with Gasteiger partial charge in [-0.05, 0) is 36.8 Å². The minimum atomic E-state index is -1.10. The van der Waals surface area contributed by atoms with Crippen LogP contribution in [0.25, 0.3) is 0 Å². The van der Waals surface area contributed by atoms with Crippen molar-refractivity contribution in [1.29, 1.82) is 0 Å². The maximum atomic E-state index is 14.1. The summed E-state index contributed by atoms with van der Waals surface area (Å²) in [5.41, 5.74) is 0.824. The van der Waals surface area contributed by atoms with Crippen LogP contribution in [0.2, 0.25) is 0 Å². The smallest absolute Gasteiger partial charge is 0.258 e. The molecule has 0 saturated heterocycles. The normalized spacial score (nSPS) is 15.1. The van der Waals surface area contributed by atoms with Gasteiger partial charge in [-0.1, -0.05) is 24.3 Å². The number of H-pyrrole nitrogens is 1. The summed E-state index contributed by atoms with van der Waals surface area (Å²) in [7, 11) is 0. The molecule has 3 aromatic rings. The SMILES string of the molecule is Cc1ccc(NC(=O)[C@@H]2CC(=O)Nc3nc(Nc4ccccc4)[nH]c(=O)c32)c(F)c1. The summed E-state index contributed by atoms with van der Waals surface area (Å²) in [5, 5.41) is 7.93. The van der Waals surface area contributed by atoms with Crippen molar-refractivity contribution >= 4 is 35.0 Å². The molecule has 2 heterocycles. The van der Waals surface area contributed by atoms with Gasteiger partial charge in [0.2, 0.25) is 17.8 Å². The number of aromatic nitrogens is 2. The quantitative estimate of drug-likeness (QED) is 0.531. The number of amides is 2. The molecule has 0 spiro atoms. The van der Waals surface area contributed by atoms with Gasteiger partial charge in [-0.3, -0.25) is 19.4 Å². The van der Waals surface area contributed by atoms with E-state index in [4.69, 9.17) is 0 Å². The summed E-state index contributed by atoms with van der Waals surface area (Å²) in [5.74, 6) is -2.70. The number of anilines is 4. The lowest BCUT2D eigenvalue weighted by Crippen LogP contribution is -2.36. The van der Waals surface area contributed by atoms with Crippen LogP contribution >= 0.6 is 0 Å². The van der Waals surface area contributed by atoms with Gasteiger partial charge < -0.3 is 16.0 Å². The maximum absolute atomic E-state index is 14.1. The third kappa shape index (κ3) is 3.90. The van der Waals surface area contributed by atoms with Crippen LogP contribution in [0.15, 0.2) is 53.3 Å². The first-order chi connectivity index (χ1) is 14.4. The number of rotatable bonds is 4. The maximum Gasteiger partial charge on any atom is 0.258 e. The number of carbonyl (C=O) groups is 2. The number of aromatic amines is 1. The second-order valence-corrected chi connectivity index (χ2v) is 6.95. The Labute approximate surface area is 170 Å². The number of benzene rings is 2. The highest BCUT2D eigenvalue weighted by atomic mass is 19.1. The van der Waals surface area contributed by atoms with Gasteiger partial charge in [-0.15, -0.1) is 0 Å². The molecular weight excluding hydrogens is 389 g/mol. The van der Waals surface area contributed by atoms with Gasteiger partial charge in [0.05, 0.1) is 17.2 Å². The average molecular weight is 407 g/mol. The van der Waals surface area contributed by atoms with Crippen molar-refractivity contribution < 1.29 is 14.0 Å². The minimum Gasteiger partial charge on any atom is -0.326 e. The standard InChI is InChI=1S/C21H18FN5O3/c1-11-7-8-15(14(22)9-11)24-19(29)13-10-16(28)25-18-17(13)20(30)27-21(26-18)23-12-5-3-2-4-6-12/h2-9,13H,10H2,1H3,(H,24,29)(H3,23,25,26,27,28,30)/t13-/m1/s1. The van der Waals surface area contributed by atoms with Crippen LogP contribution in [0, 0.1) is 12.7 Å². The van der Waals surface area contributed by atoms with E-state index < -0.39 is 29.1 Å². The zero-order valence-corrected chi connectivity index (χ0v) is 16.0. The van der Waals surface area contributed by atoms with Gasteiger partial charge in [0, 0.05) is 12.1 Å². The van der Waals surface area contributed by atoms with Crippen LogP contribution in [-0.4, -0.2) is 21.8 Å². The van der Waals surface area contributed by atoms with Crippen molar-refractivity contribution in [3.8, 4) is 0 Å². The first-order valence-corrected chi connectivity index (χ1v) is 9.24. The van der Waals surface area contributed by atoms with Gasteiger partial charge in [0.15, 0.2) is 0 Å². The average Bonchev–Trinajstić information content (AvgIpc) is 2.70. The molecule has 152 valence electrons. The number of nitrogens with one attached hydrogen (secondary N) is 4. The zero-order valence-electron chi connectivity index (χ0n) is 16.0. The van der Waals surface area contributed by atoms with Crippen molar-refractivity contribution in [2.75, 3.05) is 16.0 Å². The van der Waals surface area contributed by atoms with Crippen molar-refractivity contribution in [3.05, 3.63) is 75.8 Å². The van der Waals surface area contributed by atoms with E-state index in [2.05, 4.69) is 25.9 Å². The Morgan fingerprint density at radius 3 is 2.67 bits per heavy atom. The molecule has 8 nitrogen and oxygen atoms in total. The molecule has 4 rings (SSSR count). The first-order valence-electron chi connectivity index (χ1n) is 9.24. The molecule has 4 N–H and O–H groups in total. The molecule has 0 fully saturated rings. The number of carbonyl (C=O) groups excluding carboxylic acids is 2. The fourth-order valence-electron chi connectivity index (χ4n) is 3.25. The zero-order chi connectivity index (χ0) is 21.3. The van der Waals surface area contributed by atoms with Gasteiger partial charge in [0.25, 0.3) is 5.56 Å². The van der Waals surface area contributed by atoms with Crippen LogP contribution < -0.4 is 21.5 Å². The van der Waals surface area contributed by atoms with E-state index in [0.717, 1.165) is 0 Å². The highest BCUT2D eigenvalue weighted by Gasteiger charge is 2.35. The molecule has 1 aromatic heterocycles. The molecule has 0 radical (unpaired) electrons. The van der Waals surface area contributed by atoms with Gasteiger partial charge in [-0.2, -0.15) is 4.98 Å². The second-order valence-electron chi connectivity index (χ2n) is 6.95. The fraction of sp³-hybridized carbons (Fsp3) is 0.143. The summed E-state index contributed by atoms with van der Waals surface area (Å²) in [6.45, 7) is 1.72. The Bertz CT molecular complexity index is 1190. The first kappa shape index (κ1) is 19.3. The van der Waals surface area contributed by atoms with Crippen LogP contribution in [0.3, 0.4) is 0 Å². The Kier molecular flexibility index (Phi) is 5.01. The molecule has 0 saturated carbocycles. The summed E-state index contributed by atoms with van der Waals surface area (Å²) >= 11 is 0. The lowest BCUT2D eigenvalue weighted by molar-refractivity contribution is -0.123. The number of hydrogen-bond donors (Lipinski definition) is 4. The number of hydrogen-bond acceptors (Lipinski definition) is 5. The Morgan fingerprint density at radius 1 is 1.17 bits per heavy atom. The van der Waals surface area contributed by atoms with E-state index in [1.54, 1.807) is 25.1 Å². The lowest BCUT2D eigenvalue weighted by Gasteiger charge is -2.23. The number of halogens is 1. The molecule has 0 bridgehead atoms. The van der Waals surface area contributed by atoms with E-state index in [9.17, 15) is 18.8 Å². The van der Waals surface area contributed by atoms with E-state index in [1.807, 2.05) is 18.2 Å².